The number of esters is 1. The van der Waals surface area contributed by atoms with Gasteiger partial charge in [0.2, 0.25) is 5.91 Å². The van der Waals surface area contributed by atoms with E-state index >= 15 is 0 Å². The molecule has 3 amide bonds. The van der Waals surface area contributed by atoms with Crippen LogP contribution in [0.4, 0.5) is 4.79 Å². The largest absolute Gasteiger partial charge is 0.464 e. The van der Waals surface area contributed by atoms with Gasteiger partial charge in [-0.25, -0.2) is 14.3 Å². The fourth-order valence-corrected chi connectivity index (χ4v) is 1.76. The van der Waals surface area contributed by atoms with Gasteiger partial charge in [-0.15, -0.1) is 5.10 Å². The molecule has 0 spiro atoms. The van der Waals surface area contributed by atoms with Gasteiger partial charge in [0.1, 0.15) is 6.54 Å². The third kappa shape index (κ3) is 4.26. The van der Waals surface area contributed by atoms with Gasteiger partial charge in [0.05, 0.1) is 12.8 Å². The highest BCUT2D eigenvalue weighted by Gasteiger charge is 2.23. The summed E-state index contributed by atoms with van der Waals surface area (Å²) in [5.74, 6) is -1.26. The number of imide groups is 1. The summed E-state index contributed by atoms with van der Waals surface area (Å²) in [5.41, 5.74) is 0.547. The molecule has 1 heterocycles. The lowest BCUT2D eigenvalue weighted by molar-refractivity contribution is -0.120. The molecule has 1 aromatic heterocycles. The minimum atomic E-state index is -0.617. The van der Waals surface area contributed by atoms with Crippen LogP contribution in [0.5, 0.6) is 0 Å². The minimum Gasteiger partial charge on any atom is -0.464 e. The molecule has 0 aliphatic heterocycles. The Morgan fingerprint density at radius 3 is 2.52 bits per heavy atom. The highest BCUT2D eigenvalue weighted by Crippen LogP contribution is 2.18. The van der Waals surface area contributed by atoms with Gasteiger partial charge in [-0.1, -0.05) is 19.1 Å². The van der Waals surface area contributed by atoms with E-state index in [2.05, 4.69) is 25.7 Å². The van der Waals surface area contributed by atoms with Gasteiger partial charge in [0.25, 0.3) is 0 Å². The second kappa shape index (κ2) is 7.36. The van der Waals surface area contributed by atoms with Crippen LogP contribution in [0, 0.1) is 0 Å². The second-order valence-electron chi connectivity index (χ2n) is 4.53. The number of carbonyl (C=O) groups excluding carboxylic acids is 3. The van der Waals surface area contributed by atoms with Crippen LogP contribution < -0.4 is 10.6 Å². The quantitative estimate of drug-likeness (QED) is 0.741. The van der Waals surface area contributed by atoms with Crippen molar-refractivity contribution < 1.29 is 19.1 Å². The van der Waals surface area contributed by atoms with Crippen molar-refractivity contribution >= 4 is 17.9 Å². The summed E-state index contributed by atoms with van der Waals surface area (Å²) in [6.07, 6.45) is 0. The first-order valence-corrected chi connectivity index (χ1v) is 6.50. The Morgan fingerprint density at radius 1 is 1.33 bits per heavy atom. The van der Waals surface area contributed by atoms with Crippen molar-refractivity contribution in [2.75, 3.05) is 13.7 Å². The van der Waals surface area contributed by atoms with Crippen molar-refractivity contribution in [3.8, 4) is 0 Å². The maximum atomic E-state index is 11.7. The summed E-state index contributed by atoms with van der Waals surface area (Å²) in [6.45, 7) is 5.61. The maximum absolute atomic E-state index is 11.7. The molecule has 0 fully saturated rings. The van der Waals surface area contributed by atoms with E-state index in [1.165, 1.54) is 11.8 Å². The molecule has 1 aromatic rings. The predicted octanol–water partition coefficient (Wildman–Crippen LogP) is 0.0338. The lowest BCUT2D eigenvalue weighted by Crippen LogP contribution is -2.41. The molecule has 0 bridgehead atoms. The minimum absolute atomic E-state index is 0.0679. The van der Waals surface area contributed by atoms with Crippen LogP contribution in [0.15, 0.2) is 0 Å². The molecular weight excluding hydrogens is 278 g/mol. The molecule has 21 heavy (non-hydrogen) atoms. The number of nitrogens with one attached hydrogen (secondary N) is 2. The predicted molar refractivity (Wildman–Crippen MR) is 72.7 cm³/mol. The van der Waals surface area contributed by atoms with E-state index in [0.717, 1.165) is 0 Å². The molecule has 0 unspecified atom stereocenters. The van der Waals surface area contributed by atoms with E-state index in [1.807, 2.05) is 13.8 Å². The number of aromatic nitrogens is 3. The summed E-state index contributed by atoms with van der Waals surface area (Å²) in [4.78, 5) is 34.6. The molecule has 0 aliphatic rings. The van der Waals surface area contributed by atoms with E-state index in [9.17, 15) is 14.4 Å². The molecule has 0 radical (unpaired) electrons. The maximum Gasteiger partial charge on any atom is 0.360 e. The van der Waals surface area contributed by atoms with Crippen molar-refractivity contribution in [1.82, 2.24) is 25.6 Å². The van der Waals surface area contributed by atoms with Crippen molar-refractivity contribution in [1.29, 1.82) is 0 Å². The average Bonchev–Trinajstić information content (AvgIpc) is 2.81. The molecule has 0 aliphatic carbocycles. The molecule has 1 rings (SSSR count). The third-order valence-electron chi connectivity index (χ3n) is 2.58. The number of ether oxygens (including phenoxy) is 1. The SMILES string of the molecule is CCNC(=O)NC(=O)Cn1nnc(C(=O)OC)c1C(C)C. The zero-order chi connectivity index (χ0) is 16.0. The Morgan fingerprint density at radius 2 is 2.00 bits per heavy atom. The zero-order valence-corrected chi connectivity index (χ0v) is 12.5. The number of methoxy groups -OCH3 is 1. The first kappa shape index (κ1) is 16.6. The fraction of sp³-hybridized carbons (Fsp3) is 0.583. The lowest BCUT2D eigenvalue weighted by Gasteiger charge is -2.10. The Labute approximate surface area is 122 Å². The molecule has 0 saturated carbocycles. The summed E-state index contributed by atoms with van der Waals surface area (Å²) >= 11 is 0. The van der Waals surface area contributed by atoms with Gasteiger partial charge in [-0.3, -0.25) is 10.1 Å². The Bertz CT molecular complexity index is 538. The molecular formula is C12H19N5O4. The number of carbonyl (C=O) groups is 3. The van der Waals surface area contributed by atoms with E-state index in [1.54, 1.807) is 6.92 Å². The standard InChI is InChI=1S/C12H19N5O4/c1-5-13-12(20)14-8(18)6-17-10(7(2)3)9(15-16-17)11(19)21-4/h7H,5-6H2,1-4H3,(H2,13,14,18,20). The smallest absolute Gasteiger partial charge is 0.360 e. The van der Waals surface area contributed by atoms with Gasteiger partial charge >= 0.3 is 12.0 Å². The van der Waals surface area contributed by atoms with Gasteiger partial charge in [-0.05, 0) is 12.8 Å². The Hall–Kier alpha value is -2.45. The second-order valence-corrected chi connectivity index (χ2v) is 4.53. The van der Waals surface area contributed by atoms with E-state index in [-0.39, 0.29) is 18.2 Å². The molecule has 0 aromatic carbocycles. The van der Waals surface area contributed by atoms with Crippen LogP contribution in [0.1, 0.15) is 42.9 Å². The van der Waals surface area contributed by atoms with Crippen LogP contribution in [0.25, 0.3) is 0 Å². The molecule has 0 saturated heterocycles. The van der Waals surface area contributed by atoms with E-state index < -0.39 is 17.9 Å². The van der Waals surface area contributed by atoms with Crippen molar-refractivity contribution in [2.24, 2.45) is 0 Å². The first-order chi connectivity index (χ1) is 9.90. The number of hydrogen-bond donors (Lipinski definition) is 2. The Kier molecular flexibility index (Phi) is 5.82. The number of nitrogens with zero attached hydrogens (tertiary/aromatic N) is 3. The number of hydrogen-bond acceptors (Lipinski definition) is 6. The fourth-order valence-electron chi connectivity index (χ4n) is 1.76. The van der Waals surface area contributed by atoms with Crippen molar-refractivity contribution in [3.05, 3.63) is 11.4 Å². The lowest BCUT2D eigenvalue weighted by atomic mass is 10.1. The first-order valence-electron chi connectivity index (χ1n) is 6.50. The van der Waals surface area contributed by atoms with Gasteiger partial charge < -0.3 is 10.1 Å². The van der Waals surface area contributed by atoms with E-state index in [4.69, 9.17) is 0 Å². The van der Waals surface area contributed by atoms with Crippen LogP contribution in [-0.4, -0.2) is 46.6 Å². The average molecular weight is 297 g/mol. The third-order valence-corrected chi connectivity index (χ3v) is 2.58. The van der Waals surface area contributed by atoms with Gasteiger partial charge in [-0.2, -0.15) is 0 Å². The normalized spacial score (nSPS) is 10.3. The zero-order valence-electron chi connectivity index (χ0n) is 12.5. The summed E-state index contributed by atoms with van der Waals surface area (Å²) in [5, 5.41) is 12.1. The molecule has 2 N–H and O–H groups in total. The highest BCUT2D eigenvalue weighted by atomic mass is 16.5. The van der Waals surface area contributed by atoms with Crippen molar-refractivity contribution in [3.63, 3.8) is 0 Å². The molecule has 9 heteroatoms. The van der Waals surface area contributed by atoms with Crippen molar-refractivity contribution in [2.45, 2.75) is 33.2 Å². The molecule has 116 valence electrons. The number of amides is 3. The number of urea groups is 1. The number of rotatable bonds is 5. The van der Waals surface area contributed by atoms with E-state index in [0.29, 0.717) is 12.2 Å². The summed E-state index contributed by atoms with van der Waals surface area (Å²) in [6, 6.07) is -0.582. The van der Waals surface area contributed by atoms with Crippen LogP contribution in [0.3, 0.4) is 0 Å². The topological polar surface area (TPSA) is 115 Å². The van der Waals surface area contributed by atoms with Gasteiger partial charge in [0.15, 0.2) is 5.69 Å². The van der Waals surface area contributed by atoms with Gasteiger partial charge in [0, 0.05) is 6.54 Å². The monoisotopic (exact) mass is 297 g/mol. The summed E-state index contributed by atoms with van der Waals surface area (Å²) < 4.78 is 5.91. The summed E-state index contributed by atoms with van der Waals surface area (Å²) in [7, 11) is 1.24. The highest BCUT2D eigenvalue weighted by molar-refractivity contribution is 5.94. The van der Waals surface area contributed by atoms with Crippen LogP contribution >= 0.6 is 0 Å². The molecule has 0 atom stereocenters. The molecule has 9 nitrogen and oxygen atoms in total. The van der Waals surface area contributed by atoms with Crippen LogP contribution in [0.2, 0.25) is 0 Å². The van der Waals surface area contributed by atoms with Crippen LogP contribution in [-0.2, 0) is 16.1 Å². The Balaban J connectivity index is 2.88.